The number of nitrogens with zero attached hydrogens (tertiary/aromatic N) is 1. The van der Waals surface area contributed by atoms with Gasteiger partial charge in [0.2, 0.25) is 0 Å². The SMILES string of the molecule is CN(C(=O)OC(C)(C)C)c1ccc(-c2ccc3cc(OCCOCCOCCOS(C)(=O)=O)ccc3c2)cc1. The van der Waals surface area contributed by atoms with Gasteiger partial charge in [-0.15, -0.1) is 0 Å². The number of carbonyl (C=O) groups excluding carboxylic acids is 1. The van der Waals surface area contributed by atoms with E-state index in [1.807, 2.05) is 63.2 Å². The molecule has 0 heterocycles. The molecule has 3 rings (SSSR count). The van der Waals surface area contributed by atoms with Gasteiger partial charge < -0.3 is 18.9 Å². The first kappa shape index (κ1) is 30.4. The Hall–Kier alpha value is -3.18. The molecule has 0 aromatic heterocycles. The van der Waals surface area contributed by atoms with Crippen LogP contribution in [0.4, 0.5) is 10.5 Å². The van der Waals surface area contributed by atoms with E-state index >= 15 is 0 Å². The summed E-state index contributed by atoms with van der Waals surface area (Å²) in [7, 11) is -1.74. The van der Waals surface area contributed by atoms with Crippen LogP contribution in [0.25, 0.3) is 21.9 Å². The number of carbonyl (C=O) groups is 1. The molecule has 212 valence electrons. The molecule has 0 fully saturated rings. The quantitative estimate of drug-likeness (QED) is 0.206. The number of fused-ring (bicyclic) bond motifs is 1. The third-order valence-electron chi connectivity index (χ3n) is 5.46. The van der Waals surface area contributed by atoms with Crippen LogP contribution >= 0.6 is 0 Å². The largest absolute Gasteiger partial charge is 0.491 e. The van der Waals surface area contributed by atoms with Crippen molar-refractivity contribution >= 4 is 32.7 Å². The van der Waals surface area contributed by atoms with Gasteiger partial charge in [0, 0.05) is 12.7 Å². The monoisotopic (exact) mass is 559 g/mol. The highest BCUT2D eigenvalue weighted by Crippen LogP contribution is 2.28. The van der Waals surface area contributed by atoms with E-state index in [4.69, 9.17) is 18.9 Å². The van der Waals surface area contributed by atoms with Crippen molar-refractivity contribution in [1.29, 1.82) is 0 Å². The van der Waals surface area contributed by atoms with E-state index < -0.39 is 21.8 Å². The van der Waals surface area contributed by atoms with Crippen molar-refractivity contribution < 1.29 is 36.3 Å². The zero-order valence-corrected chi connectivity index (χ0v) is 24.0. The molecule has 39 heavy (non-hydrogen) atoms. The summed E-state index contributed by atoms with van der Waals surface area (Å²) in [6.07, 6.45) is 0.605. The maximum Gasteiger partial charge on any atom is 0.414 e. The summed E-state index contributed by atoms with van der Waals surface area (Å²) < 4.78 is 48.2. The zero-order valence-electron chi connectivity index (χ0n) is 23.1. The van der Waals surface area contributed by atoms with Crippen LogP contribution in [0.2, 0.25) is 0 Å². The van der Waals surface area contributed by atoms with Crippen LogP contribution in [-0.2, 0) is 28.5 Å². The summed E-state index contributed by atoms with van der Waals surface area (Å²) in [5.74, 6) is 0.752. The Morgan fingerprint density at radius 1 is 0.769 bits per heavy atom. The van der Waals surface area contributed by atoms with Gasteiger partial charge in [-0.1, -0.05) is 30.3 Å². The molecule has 0 aliphatic heterocycles. The smallest absolute Gasteiger partial charge is 0.414 e. The predicted octanol–water partition coefficient (Wildman–Crippen LogP) is 5.27. The Balaban J connectivity index is 1.46. The summed E-state index contributed by atoms with van der Waals surface area (Å²) in [5.41, 5.74) is 2.32. The van der Waals surface area contributed by atoms with E-state index in [1.165, 1.54) is 4.90 Å². The standard InChI is InChI=1S/C29H37NO8S/c1-29(2,3)38-28(31)30(4)26-11-8-22(9-12-26)23-6-7-25-21-27(13-10-24(25)20-23)36-18-16-34-14-15-35-17-19-37-39(5,32)33/h6-13,20-21H,14-19H2,1-5H3. The molecular formula is C29H37NO8S. The number of anilines is 1. The van der Waals surface area contributed by atoms with Crippen molar-refractivity contribution in [2.45, 2.75) is 26.4 Å². The molecule has 0 spiro atoms. The van der Waals surface area contributed by atoms with Crippen molar-refractivity contribution in [3.05, 3.63) is 60.7 Å². The molecule has 0 radical (unpaired) electrons. The third-order valence-corrected chi connectivity index (χ3v) is 6.06. The van der Waals surface area contributed by atoms with E-state index in [2.05, 4.69) is 22.4 Å². The second-order valence-corrected chi connectivity index (χ2v) is 11.6. The molecule has 3 aromatic rings. The van der Waals surface area contributed by atoms with Crippen molar-refractivity contribution in [3.63, 3.8) is 0 Å². The molecule has 0 bridgehead atoms. The highest BCUT2D eigenvalue weighted by atomic mass is 32.2. The molecule has 9 nitrogen and oxygen atoms in total. The molecule has 0 atom stereocenters. The van der Waals surface area contributed by atoms with Gasteiger partial charge >= 0.3 is 6.09 Å². The van der Waals surface area contributed by atoms with Gasteiger partial charge in [0.05, 0.1) is 39.3 Å². The van der Waals surface area contributed by atoms with Crippen LogP contribution in [-0.4, -0.2) is 73.1 Å². The fourth-order valence-electron chi connectivity index (χ4n) is 3.59. The summed E-state index contributed by atoms with van der Waals surface area (Å²) in [6.45, 7) is 7.22. The number of hydrogen-bond donors (Lipinski definition) is 0. The summed E-state index contributed by atoms with van der Waals surface area (Å²) >= 11 is 0. The first-order chi connectivity index (χ1) is 18.4. The lowest BCUT2D eigenvalue weighted by molar-refractivity contribution is 0.0280. The maximum atomic E-state index is 12.3. The predicted molar refractivity (Wildman–Crippen MR) is 152 cm³/mol. The van der Waals surface area contributed by atoms with Gasteiger partial charge in [0.25, 0.3) is 10.1 Å². The summed E-state index contributed by atoms with van der Waals surface area (Å²) in [5, 5.41) is 2.14. The van der Waals surface area contributed by atoms with Crippen LogP contribution in [0, 0.1) is 0 Å². The minimum atomic E-state index is -3.44. The minimum Gasteiger partial charge on any atom is -0.491 e. The Morgan fingerprint density at radius 3 is 1.97 bits per heavy atom. The Labute approximate surface area is 230 Å². The van der Waals surface area contributed by atoms with Crippen molar-refractivity contribution in [2.24, 2.45) is 0 Å². The van der Waals surface area contributed by atoms with Crippen molar-refractivity contribution in [1.82, 2.24) is 0 Å². The third kappa shape index (κ3) is 10.5. The van der Waals surface area contributed by atoms with E-state index in [9.17, 15) is 13.2 Å². The Kier molecular flexibility index (Phi) is 10.7. The normalized spacial score (nSPS) is 11.9. The second-order valence-electron chi connectivity index (χ2n) is 9.91. The highest BCUT2D eigenvalue weighted by molar-refractivity contribution is 7.85. The minimum absolute atomic E-state index is 0.00880. The number of hydrogen-bond acceptors (Lipinski definition) is 8. The fraction of sp³-hybridized carbons (Fsp3) is 0.414. The topological polar surface area (TPSA) is 101 Å². The van der Waals surface area contributed by atoms with Crippen LogP contribution in [0.1, 0.15) is 20.8 Å². The van der Waals surface area contributed by atoms with Crippen LogP contribution in [0.5, 0.6) is 5.75 Å². The van der Waals surface area contributed by atoms with Gasteiger partial charge in [0.1, 0.15) is 18.0 Å². The zero-order chi connectivity index (χ0) is 28.5. The first-order valence-corrected chi connectivity index (χ1v) is 14.5. The molecule has 0 aliphatic rings. The molecule has 0 N–H and O–H groups in total. The number of amides is 1. The second kappa shape index (κ2) is 13.7. The van der Waals surface area contributed by atoms with Gasteiger partial charge in [-0.25, -0.2) is 4.79 Å². The van der Waals surface area contributed by atoms with Gasteiger partial charge in [-0.05, 0) is 73.0 Å². The number of ether oxygens (including phenoxy) is 4. The average Bonchev–Trinajstić information content (AvgIpc) is 2.87. The maximum absolute atomic E-state index is 12.3. The lowest BCUT2D eigenvalue weighted by Crippen LogP contribution is -2.34. The Morgan fingerprint density at radius 2 is 1.33 bits per heavy atom. The lowest BCUT2D eigenvalue weighted by Gasteiger charge is -2.24. The Bertz CT molecular complexity index is 1330. The van der Waals surface area contributed by atoms with E-state index in [-0.39, 0.29) is 13.2 Å². The molecule has 0 saturated carbocycles. The molecule has 3 aromatic carbocycles. The molecule has 0 unspecified atom stereocenters. The molecule has 10 heteroatoms. The van der Waals surface area contributed by atoms with E-state index in [1.54, 1.807) is 7.05 Å². The molecule has 0 saturated heterocycles. The van der Waals surface area contributed by atoms with Crippen molar-refractivity contribution in [2.75, 3.05) is 57.8 Å². The summed E-state index contributed by atoms with van der Waals surface area (Å²) in [4.78, 5) is 13.8. The van der Waals surface area contributed by atoms with E-state index in [0.717, 1.165) is 39.6 Å². The molecule has 0 aliphatic carbocycles. The van der Waals surface area contributed by atoms with Crippen LogP contribution < -0.4 is 9.64 Å². The van der Waals surface area contributed by atoms with Gasteiger partial charge in [-0.2, -0.15) is 8.42 Å². The van der Waals surface area contributed by atoms with Gasteiger partial charge in [0.15, 0.2) is 0 Å². The number of rotatable bonds is 13. The lowest BCUT2D eigenvalue weighted by atomic mass is 10.0. The summed E-state index contributed by atoms with van der Waals surface area (Å²) in [6, 6.07) is 20.0. The van der Waals surface area contributed by atoms with Crippen molar-refractivity contribution in [3.8, 4) is 16.9 Å². The van der Waals surface area contributed by atoms with E-state index in [0.29, 0.717) is 26.4 Å². The fourth-order valence-corrected chi connectivity index (χ4v) is 3.96. The molecule has 1 amide bonds. The average molecular weight is 560 g/mol. The van der Waals surface area contributed by atoms with Gasteiger partial charge in [-0.3, -0.25) is 9.08 Å². The first-order valence-electron chi connectivity index (χ1n) is 12.6. The molecular weight excluding hydrogens is 522 g/mol. The van der Waals surface area contributed by atoms with Crippen LogP contribution in [0.15, 0.2) is 60.7 Å². The highest BCUT2D eigenvalue weighted by Gasteiger charge is 2.20. The number of benzene rings is 3. The van der Waals surface area contributed by atoms with Crippen LogP contribution in [0.3, 0.4) is 0 Å².